The Labute approximate surface area is 124 Å². The zero-order chi connectivity index (χ0) is 14.8. The molecule has 1 fully saturated rings. The fourth-order valence-corrected chi connectivity index (χ4v) is 4.48. The molecule has 0 saturated heterocycles. The number of anilines is 1. The van der Waals surface area contributed by atoms with Gasteiger partial charge >= 0.3 is 0 Å². The van der Waals surface area contributed by atoms with E-state index in [2.05, 4.69) is 0 Å². The van der Waals surface area contributed by atoms with Crippen LogP contribution in [0, 0.1) is 0 Å². The maximum atomic E-state index is 12.7. The van der Waals surface area contributed by atoms with E-state index in [1.807, 2.05) is 0 Å². The number of aliphatic hydroxyl groups excluding tert-OH is 1. The molecule has 0 aromatic heterocycles. The van der Waals surface area contributed by atoms with Gasteiger partial charge in [0.1, 0.15) is 4.90 Å². The highest BCUT2D eigenvalue weighted by atomic mass is 35.5. The number of nitrogens with zero attached hydrogens (tertiary/aromatic N) is 1. The average Bonchev–Trinajstić information content (AvgIpc) is 2.34. The van der Waals surface area contributed by atoms with Gasteiger partial charge in [-0.3, -0.25) is 0 Å². The van der Waals surface area contributed by atoms with E-state index < -0.39 is 10.0 Å². The highest BCUT2D eigenvalue weighted by Crippen LogP contribution is 2.33. The summed E-state index contributed by atoms with van der Waals surface area (Å²) < 4.78 is 27.0. The number of hydrogen-bond acceptors (Lipinski definition) is 4. The summed E-state index contributed by atoms with van der Waals surface area (Å²) in [5, 5.41) is 9.13. The molecule has 0 amide bonds. The molecule has 0 heterocycles. The molecule has 112 valence electrons. The number of benzene rings is 1. The topological polar surface area (TPSA) is 83.6 Å². The minimum Gasteiger partial charge on any atom is -0.399 e. The van der Waals surface area contributed by atoms with E-state index in [9.17, 15) is 8.42 Å². The van der Waals surface area contributed by atoms with Crippen molar-refractivity contribution in [3.05, 3.63) is 23.2 Å². The molecule has 7 heteroatoms. The van der Waals surface area contributed by atoms with Crippen LogP contribution in [-0.2, 0) is 10.0 Å². The number of halogens is 1. The van der Waals surface area contributed by atoms with E-state index in [0.29, 0.717) is 18.7 Å². The highest BCUT2D eigenvalue weighted by molar-refractivity contribution is 7.89. The van der Waals surface area contributed by atoms with Crippen LogP contribution >= 0.6 is 11.6 Å². The number of aliphatic hydroxyl groups is 1. The van der Waals surface area contributed by atoms with Gasteiger partial charge in [0.2, 0.25) is 10.0 Å². The molecule has 0 unspecified atom stereocenters. The van der Waals surface area contributed by atoms with E-state index in [1.54, 1.807) is 6.07 Å². The van der Waals surface area contributed by atoms with E-state index in [4.69, 9.17) is 22.4 Å². The molecule has 5 nitrogen and oxygen atoms in total. The molecule has 3 N–H and O–H groups in total. The van der Waals surface area contributed by atoms with Crippen molar-refractivity contribution in [1.29, 1.82) is 0 Å². The number of rotatable bonds is 6. The Morgan fingerprint density at radius 1 is 1.40 bits per heavy atom. The second kappa shape index (κ2) is 6.30. The lowest BCUT2D eigenvalue weighted by Crippen LogP contribution is -2.44. The van der Waals surface area contributed by atoms with Gasteiger partial charge in [0.15, 0.2) is 0 Å². The van der Waals surface area contributed by atoms with Gasteiger partial charge in [-0.2, -0.15) is 4.31 Å². The summed E-state index contributed by atoms with van der Waals surface area (Å²) in [5.41, 5.74) is 6.03. The fraction of sp³-hybridized carbons (Fsp3) is 0.538. The molecule has 1 aromatic carbocycles. The van der Waals surface area contributed by atoms with Crippen LogP contribution in [0.4, 0.5) is 5.69 Å². The first kappa shape index (κ1) is 15.6. The first-order chi connectivity index (χ1) is 9.46. The summed E-state index contributed by atoms with van der Waals surface area (Å²) in [5.74, 6) is 0. The summed E-state index contributed by atoms with van der Waals surface area (Å²) in [4.78, 5) is 0.0454. The Hall–Kier alpha value is -0.820. The summed E-state index contributed by atoms with van der Waals surface area (Å²) in [6, 6.07) is 4.46. The Balaban J connectivity index is 2.36. The average molecular weight is 319 g/mol. The van der Waals surface area contributed by atoms with Crippen LogP contribution in [0.15, 0.2) is 23.1 Å². The van der Waals surface area contributed by atoms with Crippen molar-refractivity contribution in [2.24, 2.45) is 0 Å². The summed E-state index contributed by atoms with van der Waals surface area (Å²) in [6.07, 6.45) is 3.14. The van der Waals surface area contributed by atoms with Crippen molar-refractivity contribution in [3.8, 4) is 0 Å². The number of hydrogen-bond donors (Lipinski definition) is 2. The summed E-state index contributed by atoms with van der Waals surface area (Å²) in [7, 11) is -3.68. The van der Waals surface area contributed by atoms with Gasteiger partial charge in [0, 0.05) is 24.9 Å². The Morgan fingerprint density at radius 3 is 2.65 bits per heavy atom. The minimum atomic E-state index is -3.68. The van der Waals surface area contributed by atoms with Gasteiger partial charge in [-0.25, -0.2) is 8.42 Å². The third kappa shape index (κ3) is 3.09. The van der Waals surface area contributed by atoms with E-state index in [1.165, 1.54) is 16.4 Å². The van der Waals surface area contributed by atoms with Crippen LogP contribution < -0.4 is 5.73 Å². The van der Waals surface area contributed by atoms with Crippen LogP contribution in [0.2, 0.25) is 5.02 Å². The van der Waals surface area contributed by atoms with Crippen molar-refractivity contribution in [3.63, 3.8) is 0 Å². The normalized spacial score (nSPS) is 16.4. The fourth-order valence-electron chi connectivity index (χ4n) is 2.24. The van der Waals surface area contributed by atoms with Crippen molar-refractivity contribution < 1.29 is 13.5 Å². The molecule has 0 radical (unpaired) electrons. The van der Waals surface area contributed by atoms with Gasteiger partial charge in [-0.05, 0) is 37.5 Å². The number of sulfonamides is 1. The maximum absolute atomic E-state index is 12.7. The molecule has 1 aliphatic rings. The summed E-state index contributed by atoms with van der Waals surface area (Å²) in [6.45, 7) is 0.262. The first-order valence-electron chi connectivity index (χ1n) is 6.64. The smallest absolute Gasteiger partial charge is 0.244 e. The van der Waals surface area contributed by atoms with Crippen LogP contribution in [0.1, 0.15) is 25.7 Å². The molecule has 1 aliphatic carbocycles. The molecular weight excluding hydrogens is 300 g/mol. The third-order valence-corrected chi connectivity index (χ3v) is 5.99. The second-order valence-electron chi connectivity index (χ2n) is 4.97. The largest absolute Gasteiger partial charge is 0.399 e. The quantitative estimate of drug-likeness (QED) is 0.784. The lowest BCUT2D eigenvalue weighted by molar-refractivity contribution is 0.198. The summed E-state index contributed by atoms with van der Waals surface area (Å²) >= 11 is 6.01. The lowest BCUT2D eigenvalue weighted by atomic mass is 9.93. The van der Waals surface area contributed by atoms with E-state index >= 15 is 0 Å². The first-order valence-corrected chi connectivity index (χ1v) is 8.46. The predicted molar refractivity (Wildman–Crippen MR) is 79.1 cm³/mol. The lowest BCUT2D eigenvalue weighted by Gasteiger charge is -2.36. The van der Waals surface area contributed by atoms with Crippen LogP contribution in [0.5, 0.6) is 0 Å². The van der Waals surface area contributed by atoms with Crippen LogP contribution in [-0.4, -0.2) is 37.0 Å². The van der Waals surface area contributed by atoms with Gasteiger partial charge < -0.3 is 10.8 Å². The zero-order valence-electron chi connectivity index (χ0n) is 11.1. The molecule has 0 atom stereocenters. The Bertz CT molecular complexity index is 573. The minimum absolute atomic E-state index is 0.00375. The number of nitrogens with two attached hydrogens (primary N) is 1. The van der Waals surface area contributed by atoms with Crippen molar-refractivity contribution in [1.82, 2.24) is 4.31 Å². The van der Waals surface area contributed by atoms with Crippen LogP contribution in [0.3, 0.4) is 0 Å². The molecular formula is C13H19ClN2O3S. The monoisotopic (exact) mass is 318 g/mol. The molecule has 1 saturated carbocycles. The van der Waals surface area contributed by atoms with Crippen molar-refractivity contribution in [2.75, 3.05) is 18.9 Å². The molecule has 0 aliphatic heterocycles. The van der Waals surface area contributed by atoms with Gasteiger partial charge in [-0.1, -0.05) is 18.0 Å². The Kier molecular flexibility index (Phi) is 4.90. The zero-order valence-corrected chi connectivity index (χ0v) is 12.7. The van der Waals surface area contributed by atoms with Gasteiger partial charge in [0.25, 0.3) is 0 Å². The molecule has 0 bridgehead atoms. The van der Waals surface area contributed by atoms with E-state index in [-0.39, 0.29) is 22.6 Å². The molecule has 1 aromatic rings. The van der Waals surface area contributed by atoms with Gasteiger partial charge in [-0.15, -0.1) is 0 Å². The third-order valence-electron chi connectivity index (χ3n) is 3.56. The molecule has 0 spiro atoms. The SMILES string of the molecule is Nc1ccc(Cl)c(S(=O)(=O)N(CCCO)C2CCC2)c1. The second-order valence-corrected chi connectivity index (χ2v) is 7.23. The van der Waals surface area contributed by atoms with Crippen molar-refractivity contribution >= 4 is 27.3 Å². The maximum Gasteiger partial charge on any atom is 0.244 e. The Morgan fingerprint density at radius 2 is 2.10 bits per heavy atom. The predicted octanol–water partition coefficient (Wildman–Crippen LogP) is 1.85. The standard InChI is InChI=1S/C13H19ClN2O3S/c14-12-6-5-10(15)9-13(12)20(18,19)16(7-2-8-17)11-3-1-4-11/h5-6,9,11,17H,1-4,7-8,15H2. The number of nitrogen functional groups attached to an aromatic ring is 1. The van der Waals surface area contributed by atoms with Crippen LogP contribution in [0.25, 0.3) is 0 Å². The van der Waals surface area contributed by atoms with Crippen molar-refractivity contribution in [2.45, 2.75) is 36.6 Å². The molecule has 2 rings (SSSR count). The van der Waals surface area contributed by atoms with Gasteiger partial charge in [0.05, 0.1) is 5.02 Å². The van der Waals surface area contributed by atoms with E-state index in [0.717, 1.165) is 19.3 Å². The highest BCUT2D eigenvalue weighted by Gasteiger charge is 2.35. The molecule has 20 heavy (non-hydrogen) atoms.